The van der Waals surface area contributed by atoms with Gasteiger partial charge < -0.3 is 19.6 Å². The van der Waals surface area contributed by atoms with Crippen LogP contribution in [0.1, 0.15) is 32.1 Å². The molecule has 0 saturated carbocycles. The standard InChI is InChI=1S/C20H27ClN4O4/c1-23(19(27)28)15-11-16(21)17(22-12-15)24-7-2-5-20(13-24)6-8-25(18(20)26)14-3-9-29-10-4-14/h11-12,14H,2-10,13H2,1H3,(H,27,28)/t20-/m0/s1. The first-order chi connectivity index (χ1) is 13.9. The van der Waals surface area contributed by atoms with Crippen molar-refractivity contribution in [2.24, 2.45) is 5.41 Å². The first-order valence-electron chi connectivity index (χ1n) is 10.2. The molecule has 158 valence electrons. The van der Waals surface area contributed by atoms with Crippen LogP contribution in [0.15, 0.2) is 12.3 Å². The molecule has 0 bridgehead atoms. The largest absolute Gasteiger partial charge is 0.465 e. The molecule has 4 rings (SSSR count). The lowest BCUT2D eigenvalue weighted by Crippen LogP contribution is -2.50. The molecule has 1 aromatic heterocycles. The van der Waals surface area contributed by atoms with Crippen LogP contribution in [0.25, 0.3) is 0 Å². The number of hydrogen-bond donors (Lipinski definition) is 1. The summed E-state index contributed by atoms with van der Waals surface area (Å²) in [6, 6.07) is 1.91. The van der Waals surface area contributed by atoms with Gasteiger partial charge in [-0.1, -0.05) is 11.6 Å². The molecule has 29 heavy (non-hydrogen) atoms. The van der Waals surface area contributed by atoms with Crippen molar-refractivity contribution in [2.45, 2.75) is 38.1 Å². The van der Waals surface area contributed by atoms with Gasteiger partial charge in [-0.25, -0.2) is 9.78 Å². The molecule has 3 fully saturated rings. The molecule has 1 aromatic rings. The molecule has 1 spiro atoms. The summed E-state index contributed by atoms with van der Waals surface area (Å²) in [7, 11) is 1.45. The van der Waals surface area contributed by atoms with Gasteiger partial charge in [-0.3, -0.25) is 9.69 Å². The zero-order valence-corrected chi connectivity index (χ0v) is 17.4. The molecule has 0 aromatic carbocycles. The number of ether oxygens (including phenoxy) is 1. The molecule has 1 atom stereocenters. The van der Waals surface area contributed by atoms with Crippen LogP contribution in [-0.2, 0) is 9.53 Å². The second kappa shape index (κ2) is 7.99. The summed E-state index contributed by atoms with van der Waals surface area (Å²) in [4.78, 5) is 34.2. The Morgan fingerprint density at radius 3 is 2.79 bits per heavy atom. The monoisotopic (exact) mass is 422 g/mol. The van der Waals surface area contributed by atoms with Gasteiger partial charge in [-0.05, 0) is 38.2 Å². The summed E-state index contributed by atoms with van der Waals surface area (Å²) in [5, 5.41) is 9.54. The van der Waals surface area contributed by atoms with Gasteiger partial charge >= 0.3 is 6.09 Å². The fourth-order valence-electron chi connectivity index (χ4n) is 4.83. The number of hydrogen-bond acceptors (Lipinski definition) is 5. The van der Waals surface area contributed by atoms with Crippen molar-refractivity contribution >= 4 is 35.1 Å². The van der Waals surface area contributed by atoms with Crippen molar-refractivity contribution in [3.8, 4) is 0 Å². The maximum Gasteiger partial charge on any atom is 0.411 e. The highest BCUT2D eigenvalue weighted by molar-refractivity contribution is 6.33. The third kappa shape index (κ3) is 3.75. The maximum atomic E-state index is 13.4. The molecular formula is C20H27ClN4O4. The molecule has 0 radical (unpaired) electrons. The molecule has 8 nitrogen and oxygen atoms in total. The number of nitrogens with zero attached hydrogens (tertiary/aromatic N) is 4. The van der Waals surface area contributed by atoms with E-state index in [9.17, 15) is 9.59 Å². The van der Waals surface area contributed by atoms with Gasteiger partial charge in [0.1, 0.15) is 5.82 Å². The highest BCUT2D eigenvalue weighted by Crippen LogP contribution is 2.43. The highest BCUT2D eigenvalue weighted by atomic mass is 35.5. The average molecular weight is 423 g/mol. The fraction of sp³-hybridized carbons (Fsp3) is 0.650. The number of carbonyl (C=O) groups excluding carboxylic acids is 1. The lowest BCUT2D eigenvalue weighted by molar-refractivity contribution is -0.139. The first kappa shape index (κ1) is 20.2. The van der Waals surface area contributed by atoms with E-state index in [-0.39, 0.29) is 11.3 Å². The SMILES string of the molecule is CN(C(=O)O)c1cnc(N2CCC[C@]3(CCN(C4CCOCC4)C3=O)C2)c(Cl)c1. The molecule has 0 aliphatic carbocycles. The zero-order chi connectivity index (χ0) is 20.6. The minimum absolute atomic E-state index is 0.257. The van der Waals surface area contributed by atoms with Crippen LogP contribution in [0.4, 0.5) is 16.3 Å². The third-order valence-electron chi connectivity index (χ3n) is 6.54. The Bertz CT molecular complexity index is 801. The normalized spacial score (nSPS) is 25.7. The van der Waals surface area contributed by atoms with Gasteiger partial charge in [0.2, 0.25) is 5.91 Å². The lowest BCUT2D eigenvalue weighted by Gasteiger charge is -2.41. The molecule has 3 aliphatic heterocycles. The van der Waals surface area contributed by atoms with Gasteiger partial charge in [0.25, 0.3) is 0 Å². The van der Waals surface area contributed by atoms with Crippen LogP contribution < -0.4 is 9.80 Å². The van der Waals surface area contributed by atoms with Crippen LogP contribution in [0, 0.1) is 5.41 Å². The van der Waals surface area contributed by atoms with Gasteiger partial charge in [-0.15, -0.1) is 0 Å². The minimum atomic E-state index is -1.07. The number of carbonyl (C=O) groups is 2. The summed E-state index contributed by atoms with van der Waals surface area (Å²) in [5.74, 6) is 0.873. The summed E-state index contributed by atoms with van der Waals surface area (Å²) in [6.07, 6.45) is 4.92. The molecular weight excluding hydrogens is 396 g/mol. The second-order valence-corrected chi connectivity index (χ2v) is 8.65. The number of anilines is 2. The fourth-order valence-corrected chi connectivity index (χ4v) is 5.11. The van der Waals surface area contributed by atoms with Crippen molar-refractivity contribution in [1.82, 2.24) is 9.88 Å². The maximum absolute atomic E-state index is 13.4. The topological polar surface area (TPSA) is 86.2 Å². The predicted molar refractivity (Wildman–Crippen MR) is 110 cm³/mol. The summed E-state index contributed by atoms with van der Waals surface area (Å²) >= 11 is 6.46. The molecule has 3 aliphatic rings. The van der Waals surface area contributed by atoms with Crippen molar-refractivity contribution in [1.29, 1.82) is 0 Å². The number of piperidine rings is 1. The van der Waals surface area contributed by atoms with Crippen LogP contribution in [0.2, 0.25) is 5.02 Å². The molecule has 9 heteroatoms. The molecule has 2 amide bonds. The summed E-state index contributed by atoms with van der Waals surface area (Å²) in [6.45, 7) is 3.65. The zero-order valence-electron chi connectivity index (χ0n) is 16.6. The molecule has 3 saturated heterocycles. The Hall–Kier alpha value is -2.06. The van der Waals surface area contributed by atoms with E-state index >= 15 is 0 Å². The lowest BCUT2D eigenvalue weighted by atomic mass is 9.78. The molecule has 0 unspecified atom stereocenters. The van der Waals surface area contributed by atoms with E-state index in [1.165, 1.54) is 13.2 Å². The van der Waals surface area contributed by atoms with Crippen molar-refractivity contribution < 1.29 is 19.4 Å². The first-order valence-corrected chi connectivity index (χ1v) is 10.5. The van der Waals surface area contributed by atoms with E-state index < -0.39 is 6.09 Å². The van der Waals surface area contributed by atoms with Crippen LogP contribution >= 0.6 is 11.6 Å². The number of halogens is 1. The number of carboxylic acid groups (broad SMARTS) is 1. The number of pyridine rings is 1. The smallest absolute Gasteiger partial charge is 0.411 e. The van der Waals surface area contributed by atoms with Crippen LogP contribution in [0.3, 0.4) is 0 Å². The van der Waals surface area contributed by atoms with E-state index in [1.807, 2.05) is 0 Å². The third-order valence-corrected chi connectivity index (χ3v) is 6.81. The van der Waals surface area contributed by atoms with Gasteiger partial charge in [0.15, 0.2) is 0 Å². The Labute approximate surface area is 175 Å². The van der Waals surface area contributed by atoms with E-state index in [2.05, 4.69) is 14.8 Å². The average Bonchev–Trinajstić information content (AvgIpc) is 3.03. The van der Waals surface area contributed by atoms with Crippen LogP contribution in [0.5, 0.6) is 0 Å². The Kier molecular flexibility index (Phi) is 5.57. The van der Waals surface area contributed by atoms with E-state index in [4.69, 9.17) is 21.4 Å². The highest BCUT2D eigenvalue weighted by Gasteiger charge is 2.50. The van der Waals surface area contributed by atoms with E-state index in [1.54, 1.807) is 6.07 Å². The quantitative estimate of drug-likeness (QED) is 0.806. The number of amides is 2. The van der Waals surface area contributed by atoms with Gasteiger partial charge in [0.05, 0.1) is 22.3 Å². The Balaban J connectivity index is 1.51. The molecule has 1 N–H and O–H groups in total. The Morgan fingerprint density at radius 1 is 1.34 bits per heavy atom. The second-order valence-electron chi connectivity index (χ2n) is 8.24. The molecule has 4 heterocycles. The Morgan fingerprint density at radius 2 is 2.10 bits per heavy atom. The van der Waals surface area contributed by atoms with Gasteiger partial charge in [0, 0.05) is 45.9 Å². The van der Waals surface area contributed by atoms with E-state index in [0.29, 0.717) is 29.1 Å². The number of likely N-dealkylation sites (tertiary alicyclic amines) is 1. The number of rotatable bonds is 3. The van der Waals surface area contributed by atoms with E-state index in [0.717, 1.165) is 63.3 Å². The van der Waals surface area contributed by atoms with Gasteiger partial charge in [-0.2, -0.15) is 0 Å². The number of aromatic nitrogens is 1. The summed E-state index contributed by atoms with van der Waals surface area (Å²) in [5.41, 5.74) is 0.0403. The summed E-state index contributed by atoms with van der Waals surface area (Å²) < 4.78 is 5.45. The van der Waals surface area contributed by atoms with Crippen molar-refractivity contribution in [2.75, 3.05) is 49.7 Å². The van der Waals surface area contributed by atoms with Crippen molar-refractivity contribution in [3.63, 3.8) is 0 Å². The minimum Gasteiger partial charge on any atom is -0.465 e. The predicted octanol–water partition coefficient (Wildman–Crippen LogP) is 2.85. The van der Waals surface area contributed by atoms with Crippen LogP contribution in [-0.4, -0.2) is 72.9 Å². The van der Waals surface area contributed by atoms with Crippen molar-refractivity contribution in [3.05, 3.63) is 17.3 Å².